The van der Waals surface area contributed by atoms with Gasteiger partial charge in [-0.2, -0.15) is 0 Å². The third kappa shape index (κ3) is 5.59. The van der Waals surface area contributed by atoms with Crippen molar-refractivity contribution in [1.29, 1.82) is 0 Å². The second-order valence-electron chi connectivity index (χ2n) is 4.66. The average molecular weight is 309 g/mol. The highest BCUT2D eigenvalue weighted by Crippen LogP contribution is 2.08. The molecule has 0 radical (unpaired) electrons. The Morgan fingerprint density at radius 3 is 2.13 bits per heavy atom. The summed E-state index contributed by atoms with van der Waals surface area (Å²) in [6.45, 7) is -0.389. The topological polar surface area (TPSA) is 69.4 Å². The summed E-state index contributed by atoms with van der Waals surface area (Å²) in [5.41, 5.74) is 1.34. The third-order valence-corrected chi connectivity index (χ3v) is 2.94. The monoisotopic (exact) mass is 309 g/mol. The van der Waals surface area contributed by atoms with Gasteiger partial charge in [-0.1, -0.05) is 60.7 Å². The summed E-state index contributed by atoms with van der Waals surface area (Å²) < 4.78 is 4.92. The number of carbonyl (C=O) groups is 1. The van der Waals surface area contributed by atoms with Crippen LogP contribution >= 0.6 is 0 Å². The number of ether oxygens (including phenoxy) is 1. The molecule has 0 spiro atoms. The first-order valence-corrected chi connectivity index (χ1v) is 6.95. The quantitative estimate of drug-likeness (QED) is 0.354. The molecule has 2 aromatic rings. The van der Waals surface area contributed by atoms with Gasteiger partial charge in [-0.3, -0.25) is 10.1 Å². The lowest BCUT2D eigenvalue weighted by molar-refractivity contribution is -0.428. The van der Waals surface area contributed by atoms with E-state index in [0.717, 1.165) is 5.56 Å². The largest absolute Gasteiger partial charge is 0.451 e. The molecule has 0 aliphatic rings. The Labute approximate surface area is 133 Å². The zero-order chi connectivity index (χ0) is 16.5. The molecule has 0 aromatic heterocycles. The van der Waals surface area contributed by atoms with Crippen LogP contribution < -0.4 is 0 Å². The summed E-state index contributed by atoms with van der Waals surface area (Å²) in [7, 11) is 0. The minimum atomic E-state index is -0.630. The molecule has 0 N–H and O–H groups in total. The van der Waals surface area contributed by atoms with E-state index in [1.807, 2.05) is 36.4 Å². The molecule has 0 aliphatic carbocycles. The minimum Gasteiger partial charge on any atom is -0.451 e. The number of carbonyl (C=O) groups excluding carboxylic acids is 1. The van der Waals surface area contributed by atoms with Crippen LogP contribution in [0.4, 0.5) is 0 Å². The van der Waals surface area contributed by atoms with Crippen LogP contribution in [0.3, 0.4) is 0 Å². The van der Waals surface area contributed by atoms with E-state index in [9.17, 15) is 14.9 Å². The van der Waals surface area contributed by atoms with E-state index in [0.29, 0.717) is 5.56 Å². The third-order valence-electron chi connectivity index (χ3n) is 2.94. The SMILES string of the molecule is O=C(/C=C/c1ccccc1)OC/C(=C\c1ccccc1)[N+](=O)[O-]. The van der Waals surface area contributed by atoms with Gasteiger partial charge in [0.05, 0.1) is 4.92 Å². The number of benzene rings is 2. The molecule has 0 saturated heterocycles. The van der Waals surface area contributed by atoms with Gasteiger partial charge >= 0.3 is 5.97 Å². The summed E-state index contributed by atoms with van der Waals surface area (Å²) in [5, 5.41) is 11.0. The first kappa shape index (κ1) is 16.2. The van der Waals surface area contributed by atoms with E-state index in [1.54, 1.807) is 30.3 Å². The molecular formula is C18H15NO4. The molecule has 23 heavy (non-hydrogen) atoms. The van der Waals surface area contributed by atoms with Crippen LogP contribution in [0, 0.1) is 10.1 Å². The lowest BCUT2D eigenvalue weighted by atomic mass is 10.2. The zero-order valence-corrected chi connectivity index (χ0v) is 12.3. The molecule has 0 amide bonds. The average Bonchev–Trinajstić information content (AvgIpc) is 2.58. The fourth-order valence-corrected chi connectivity index (χ4v) is 1.81. The molecule has 2 rings (SSSR count). The molecule has 2 aromatic carbocycles. The fourth-order valence-electron chi connectivity index (χ4n) is 1.81. The second-order valence-corrected chi connectivity index (χ2v) is 4.66. The second kappa shape index (κ2) is 8.29. The summed E-state index contributed by atoms with van der Waals surface area (Å²) in [6.07, 6.45) is 4.22. The van der Waals surface area contributed by atoms with E-state index in [-0.39, 0.29) is 12.3 Å². The van der Waals surface area contributed by atoms with Crippen LogP contribution in [-0.4, -0.2) is 17.5 Å². The molecule has 0 fully saturated rings. The summed E-state index contributed by atoms with van der Waals surface area (Å²) in [5.74, 6) is -0.630. The van der Waals surface area contributed by atoms with E-state index >= 15 is 0 Å². The Kier molecular flexibility index (Phi) is 5.82. The molecule has 5 nitrogen and oxygen atoms in total. The minimum absolute atomic E-state index is 0.183. The highest BCUT2D eigenvalue weighted by atomic mass is 16.6. The number of esters is 1. The Morgan fingerprint density at radius 1 is 1.00 bits per heavy atom. The number of hydrogen-bond donors (Lipinski definition) is 0. The van der Waals surface area contributed by atoms with E-state index in [1.165, 1.54) is 12.2 Å². The van der Waals surface area contributed by atoms with Gasteiger partial charge in [-0.15, -0.1) is 0 Å². The van der Waals surface area contributed by atoms with Crippen molar-refractivity contribution in [3.05, 3.63) is 93.7 Å². The van der Waals surface area contributed by atoms with Crippen LogP contribution in [0.5, 0.6) is 0 Å². The lowest BCUT2D eigenvalue weighted by Crippen LogP contribution is -2.10. The maximum Gasteiger partial charge on any atom is 0.331 e. The van der Waals surface area contributed by atoms with Crippen molar-refractivity contribution in [2.75, 3.05) is 6.61 Å². The van der Waals surface area contributed by atoms with E-state index in [4.69, 9.17) is 4.74 Å². The first-order valence-electron chi connectivity index (χ1n) is 6.95. The van der Waals surface area contributed by atoms with Gasteiger partial charge in [0, 0.05) is 12.2 Å². The number of hydrogen-bond acceptors (Lipinski definition) is 4. The maximum absolute atomic E-state index is 11.6. The van der Waals surface area contributed by atoms with Gasteiger partial charge in [-0.25, -0.2) is 4.79 Å². The van der Waals surface area contributed by atoms with Crippen molar-refractivity contribution in [1.82, 2.24) is 0 Å². The molecular weight excluding hydrogens is 294 g/mol. The highest BCUT2D eigenvalue weighted by Gasteiger charge is 2.13. The highest BCUT2D eigenvalue weighted by molar-refractivity contribution is 5.87. The molecule has 0 heterocycles. The van der Waals surface area contributed by atoms with Gasteiger partial charge < -0.3 is 4.74 Å². The summed E-state index contributed by atoms with van der Waals surface area (Å²) >= 11 is 0. The van der Waals surface area contributed by atoms with Crippen molar-refractivity contribution in [2.24, 2.45) is 0 Å². The Hall–Kier alpha value is -3.21. The van der Waals surface area contributed by atoms with Gasteiger partial charge in [0.2, 0.25) is 0 Å². The fraction of sp³-hybridized carbons (Fsp3) is 0.0556. The van der Waals surface area contributed by atoms with E-state index in [2.05, 4.69) is 0 Å². The smallest absolute Gasteiger partial charge is 0.331 e. The predicted octanol–water partition coefficient (Wildman–Crippen LogP) is 3.56. The van der Waals surface area contributed by atoms with Crippen molar-refractivity contribution >= 4 is 18.1 Å². The summed E-state index contributed by atoms with van der Waals surface area (Å²) in [6, 6.07) is 18.1. The van der Waals surface area contributed by atoms with Gasteiger partial charge in [-0.05, 0) is 17.2 Å². The molecule has 0 aliphatic heterocycles. The van der Waals surface area contributed by atoms with Crippen LogP contribution in [0.1, 0.15) is 11.1 Å². The Morgan fingerprint density at radius 2 is 1.57 bits per heavy atom. The Bertz CT molecular complexity index is 721. The molecule has 116 valence electrons. The predicted molar refractivity (Wildman–Crippen MR) is 87.8 cm³/mol. The number of nitro groups is 1. The van der Waals surface area contributed by atoms with Gasteiger partial charge in [0.1, 0.15) is 0 Å². The van der Waals surface area contributed by atoms with Crippen molar-refractivity contribution in [3.8, 4) is 0 Å². The van der Waals surface area contributed by atoms with Crippen LogP contribution in [0.2, 0.25) is 0 Å². The number of nitrogens with zero attached hydrogens (tertiary/aromatic N) is 1. The first-order chi connectivity index (χ1) is 11.1. The summed E-state index contributed by atoms with van der Waals surface area (Å²) in [4.78, 5) is 22.1. The standard InChI is InChI=1S/C18H15NO4/c20-18(12-11-15-7-3-1-4-8-15)23-14-17(19(21)22)13-16-9-5-2-6-10-16/h1-13H,14H2/b12-11+,17-13+. The van der Waals surface area contributed by atoms with Crippen LogP contribution in [0.15, 0.2) is 72.4 Å². The van der Waals surface area contributed by atoms with Crippen LogP contribution in [0.25, 0.3) is 12.2 Å². The maximum atomic E-state index is 11.6. The van der Waals surface area contributed by atoms with Crippen molar-refractivity contribution in [3.63, 3.8) is 0 Å². The normalized spacial score (nSPS) is 11.4. The zero-order valence-electron chi connectivity index (χ0n) is 12.3. The van der Waals surface area contributed by atoms with Crippen LogP contribution in [-0.2, 0) is 9.53 Å². The molecule has 0 saturated carbocycles. The van der Waals surface area contributed by atoms with Crippen molar-refractivity contribution in [2.45, 2.75) is 0 Å². The molecule has 5 heteroatoms. The molecule has 0 unspecified atom stereocenters. The van der Waals surface area contributed by atoms with E-state index < -0.39 is 10.9 Å². The Balaban J connectivity index is 1.96. The molecule has 0 bridgehead atoms. The molecule has 0 atom stereocenters. The lowest BCUT2D eigenvalue weighted by Gasteiger charge is -2.01. The van der Waals surface area contributed by atoms with Gasteiger partial charge in [0.15, 0.2) is 6.61 Å². The van der Waals surface area contributed by atoms with Crippen molar-refractivity contribution < 1.29 is 14.5 Å². The number of rotatable bonds is 6. The van der Waals surface area contributed by atoms with Gasteiger partial charge in [0.25, 0.3) is 5.70 Å².